The average Bonchev–Trinajstić information content (AvgIpc) is 3.58. The van der Waals surface area contributed by atoms with Crippen molar-refractivity contribution in [3.05, 3.63) is 138 Å². The number of rotatable bonds is 5. The van der Waals surface area contributed by atoms with Crippen LogP contribution in [0.2, 0.25) is 0 Å². The van der Waals surface area contributed by atoms with Crippen LogP contribution in [0.25, 0.3) is 38.8 Å². The number of nitrogens with zero attached hydrogens (tertiary/aromatic N) is 5. The third-order valence-corrected chi connectivity index (χ3v) is 9.78. The van der Waals surface area contributed by atoms with Gasteiger partial charge >= 0.3 is 0 Å². The Morgan fingerprint density at radius 2 is 1.54 bits per heavy atom. The second-order valence-electron chi connectivity index (χ2n) is 14.4. The molecule has 50 heavy (non-hydrogen) atoms. The van der Waals surface area contributed by atoms with E-state index in [4.69, 9.17) is 9.72 Å². The number of hydrogen-bond donors (Lipinski definition) is 0. The Balaban J connectivity index is 0.00000392. The maximum Gasteiger partial charge on any atom is 0.135 e. The SMILES string of the molecule is Cc1cc(C)c(-c2ccc3c(c2)c2ccc(Oc4[c-]c(N5[CH-]N(C)C6C=CC=CC65)ccn4)[c-]c2n3-c2cc(C(C)(C)C)ccn2)c(C)c1.[Pt]. The van der Waals surface area contributed by atoms with Gasteiger partial charge in [-0.15, -0.1) is 17.5 Å². The maximum absolute atomic E-state index is 6.41. The van der Waals surface area contributed by atoms with Crippen molar-refractivity contribution >= 4 is 27.5 Å². The molecule has 2 atom stereocenters. The number of anilines is 1. The normalized spacial score (nSPS) is 17.4. The monoisotopic (exact) mass is 837 g/mol. The average molecular weight is 838 g/mol. The molecule has 8 rings (SSSR count). The molecular weight excluding hydrogens is 798 g/mol. The molecule has 1 saturated heterocycles. The first-order valence-electron chi connectivity index (χ1n) is 16.9. The molecule has 2 unspecified atom stereocenters. The van der Waals surface area contributed by atoms with Gasteiger partial charge in [0.15, 0.2) is 0 Å². The van der Waals surface area contributed by atoms with Gasteiger partial charge in [-0.05, 0) is 90.8 Å². The summed E-state index contributed by atoms with van der Waals surface area (Å²) >= 11 is 0. The number of hydrogen-bond acceptors (Lipinski definition) is 5. The minimum Gasteiger partial charge on any atom is -0.531 e. The molecule has 256 valence electrons. The Hall–Kier alpha value is -4.51. The van der Waals surface area contributed by atoms with Crippen LogP contribution in [-0.2, 0) is 26.5 Å². The molecule has 1 aliphatic carbocycles. The van der Waals surface area contributed by atoms with E-state index in [-0.39, 0.29) is 38.6 Å². The summed E-state index contributed by atoms with van der Waals surface area (Å²) in [6.45, 7) is 15.4. The van der Waals surface area contributed by atoms with Crippen LogP contribution in [0.5, 0.6) is 11.6 Å². The van der Waals surface area contributed by atoms with Crippen molar-refractivity contribution in [2.45, 2.75) is 59.0 Å². The van der Waals surface area contributed by atoms with Gasteiger partial charge in [-0.2, -0.15) is 30.6 Å². The molecule has 0 N–H and O–H groups in total. The topological polar surface area (TPSA) is 46.4 Å². The fourth-order valence-corrected chi connectivity index (χ4v) is 7.48. The van der Waals surface area contributed by atoms with Gasteiger partial charge < -0.3 is 19.1 Å². The van der Waals surface area contributed by atoms with E-state index in [2.05, 4.69) is 160 Å². The molecule has 1 fully saturated rings. The molecule has 0 bridgehead atoms. The predicted octanol–water partition coefficient (Wildman–Crippen LogP) is 9.59. The molecule has 0 amide bonds. The van der Waals surface area contributed by atoms with E-state index in [0.717, 1.165) is 33.3 Å². The van der Waals surface area contributed by atoms with Crippen LogP contribution < -0.4 is 9.64 Å². The summed E-state index contributed by atoms with van der Waals surface area (Å²) in [5.41, 5.74) is 10.4. The summed E-state index contributed by atoms with van der Waals surface area (Å²) in [5, 5.41) is 2.22. The fourth-order valence-electron chi connectivity index (χ4n) is 7.48. The van der Waals surface area contributed by atoms with Gasteiger partial charge in [0.05, 0.1) is 0 Å². The quantitative estimate of drug-likeness (QED) is 0.162. The van der Waals surface area contributed by atoms with Crippen molar-refractivity contribution in [3.63, 3.8) is 0 Å². The number of aryl methyl sites for hydroxylation is 3. The Labute approximate surface area is 309 Å². The van der Waals surface area contributed by atoms with Crippen molar-refractivity contribution in [1.82, 2.24) is 19.4 Å². The zero-order valence-electron chi connectivity index (χ0n) is 29.4. The molecule has 7 heteroatoms. The Bertz CT molecular complexity index is 2290. The van der Waals surface area contributed by atoms with Crippen LogP contribution in [0.15, 0.2) is 97.4 Å². The molecule has 6 nitrogen and oxygen atoms in total. The number of benzene rings is 3. The van der Waals surface area contributed by atoms with E-state index in [1.165, 1.54) is 33.4 Å². The van der Waals surface area contributed by atoms with Crippen molar-refractivity contribution in [2.75, 3.05) is 11.9 Å². The van der Waals surface area contributed by atoms with Crippen molar-refractivity contribution in [1.29, 1.82) is 0 Å². The van der Waals surface area contributed by atoms with Crippen LogP contribution in [0.1, 0.15) is 43.0 Å². The number of fused-ring (bicyclic) bond motifs is 4. The van der Waals surface area contributed by atoms with Gasteiger partial charge in [-0.1, -0.05) is 80.4 Å². The Morgan fingerprint density at radius 3 is 2.30 bits per heavy atom. The van der Waals surface area contributed by atoms with E-state index in [9.17, 15) is 0 Å². The summed E-state index contributed by atoms with van der Waals surface area (Å²) in [6.07, 6.45) is 12.3. The Morgan fingerprint density at radius 1 is 0.800 bits per heavy atom. The van der Waals surface area contributed by atoms with Crippen LogP contribution in [-0.4, -0.2) is 38.6 Å². The van der Waals surface area contributed by atoms with Gasteiger partial charge in [0.2, 0.25) is 0 Å². The molecule has 0 radical (unpaired) electrons. The van der Waals surface area contributed by atoms with Crippen LogP contribution >= 0.6 is 0 Å². The predicted molar refractivity (Wildman–Crippen MR) is 199 cm³/mol. The molecule has 6 aromatic rings. The van der Waals surface area contributed by atoms with E-state index in [1.54, 1.807) is 6.20 Å². The molecular formula is C43H40N5OPt-3. The molecule has 3 aromatic heterocycles. The number of allylic oxidation sites excluding steroid dienone is 2. The van der Waals surface area contributed by atoms with Gasteiger partial charge in [-0.25, -0.2) is 4.98 Å². The third kappa shape index (κ3) is 5.99. The summed E-state index contributed by atoms with van der Waals surface area (Å²) in [7, 11) is 2.10. The number of pyridine rings is 2. The second kappa shape index (κ2) is 13.0. The van der Waals surface area contributed by atoms with Gasteiger partial charge in [0, 0.05) is 50.6 Å². The fraction of sp³-hybridized carbons (Fsp3) is 0.233. The first kappa shape index (κ1) is 34.0. The van der Waals surface area contributed by atoms with Crippen LogP contribution in [0, 0.1) is 39.6 Å². The van der Waals surface area contributed by atoms with E-state index < -0.39 is 0 Å². The summed E-state index contributed by atoms with van der Waals surface area (Å²) in [5.74, 6) is 1.81. The molecule has 3 aromatic carbocycles. The number of ether oxygens (including phenoxy) is 1. The smallest absolute Gasteiger partial charge is 0.135 e. The van der Waals surface area contributed by atoms with Crippen LogP contribution in [0.3, 0.4) is 0 Å². The van der Waals surface area contributed by atoms with E-state index in [1.807, 2.05) is 18.3 Å². The molecule has 0 saturated carbocycles. The second-order valence-corrected chi connectivity index (χ2v) is 14.4. The molecule has 1 aliphatic heterocycles. The van der Waals surface area contributed by atoms with Crippen molar-refractivity contribution in [2.24, 2.45) is 0 Å². The maximum atomic E-state index is 6.41. The minimum atomic E-state index is -0.0279. The van der Waals surface area contributed by atoms with E-state index in [0.29, 0.717) is 11.6 Å². The van der Waals surface area contributed by atoms with Crippen molar-refractivity contribution < 1.29 is 25.8 Å². The summed E-state index contributed by atoms with van der Waals surface area (Å²) in [4.78, 5) is 13.9. The van der Waals surface area contributed by atoms with Crippen LogP contribution in [0.4, 0.5) is 5.69 Å². The van der Waals surface area contributed by atoms with Gasteiger partial charge in [0.25, 0.3) is 0 Å². The van der Waals surface area contributed by atoms with Gasteiger partial charge in [-0.3, -0.25) is 4.98 Å². The zero-order valence-corrected chi connectivity index (χ0v) is 31.7. The first-order valence-corrected chi connectivity index (χ1v) is 16.9. The summed E-state index contributed by atoms with van der Waals surface area (Å²) in [6, 6.07) is 29.1. The number of likely N-dealkylation sites (N-methyl/N-ethyl adjacent to an activating group) is 1. The van der Waals surface area contributed by atoms with Crippen molar-refractivity contribution in [3.8, 4) is 28.6 Å². The molecule has 4 heterocycles. The van der Waals surface area contributed by atoms with Gasteiger partial charge in [0.1, 0.15) is 11.7 Å². The van der Waals surface area contributed by atoms with E-state index >= 15 is 0 Å². The minimum absolute atomic E-state index is 0. The first-order chi connectivity index (χ1) is 23.5. The zero-order chi connectivity index (χ0) is 34.0. The summed E-state index contributed by atoms with van der Waals surface area (Å²) < 4.78 is 8.61. The molecule has 0 spiro atoms. The largest absolute Gasteiger partial charge is 0.531 e. The molecule has 2 aliphatic rings. The number of aromatic nitrogens is 3. The third-order valence-electron chi connectivity index (χ3n) is 9.78. The standard InChI is InChI=1S/C43H40N5O.Pt/c1-27-20-28(2)42(29(3)21-27)30-12-15-36-35(22-30)34-14-13-33(25-39(34)48(36)40-23-31(16-18-44-40)43(4,5)6)49-41-24-32(17-19-45-41)47-26-46(7)37-10-8-9-11-38(37)47;/h8-23,26,37-38H,1-7H3;/q-3;. The Kier molecular flexibility index (Phi) is 8.82.